The Morgan fingerprint density at radius 2 is 1.86 bits per heavy atom. The van der Waals surface area contributed by atoms with E-state index in [1.165, 1.54) is 12.8 Å². The van der Waals surface area contributed by atoms with Crippen molar-refractivity contribution in [1.29, 1.82) is 0 Å². The molecule has 2 heteroatoms. The average Bonchev–Trinajstić information content (AvgIpc) is 2.67. The molecule has 0 unspecified atom stereocenters. The normalized spacial score (nSPS) is 36.8. The van der Waals surface area contributed by atoms with E-state index in [1.807, 2.05) is 6.92 Å². The number of aliphatic hydroxyl groups is 1. The lowest BCUT2D eigenvalue weighted by Gasteiger charge is -2.04. The molecule has 14 heavy (non-hydrogen) atoms. The molecule has 0 spiro atoms. The lowest BCUT2D eigenvalue weighted by Crippen LogP contribution is -2.07. The van der Waals surface area contributed by atoms with E-state index < -0.39 is 0 Å². The van der Waals surface area contributed by atoms with Crippen molar-refractivity contribution in [3.63, 3.8) is 0 Å². The lowest BCUT2D eigenvalue weighted by molar-refractivity contribution is -0.120. The molecular formula is C12H22O2. The monoisotopic (exact) mass is 198 g/mol. The molecule has 2 nitrogen and oxygen atoms in total. The molecule has 0 radical (unpaired) electrons. The topological polar surface area (TPSA) is 37.3 Å². The van der Waals surface area contributed by atoms with Gasteiger partial charge in [0.25, 0.3) is 0 Å². The Balaban J connectivity index is 0.000000140. The molecule has 0 aromatic heterocycles. The fourth-order valence-corrected chi connectivity index (χ4v) is 2.12. The van der Waals surface area contributed by atoms with Gasteiger partial charge in [-0.25, -0.2) is 0 Å². The van der Waals surface area contributed by atoms with Crippen LogP contribution in [0.1, 0.15) is 52.4 Å². The first-order valence-corrected chi connectivity index (χ1v) is 5.82. The zero-order chi connectivity index (χ0) is 10.6. The van der Waals surface area contributed by atoms with Gasteiger partial charge in [-0.15, -0.1) is 0 Å². The summed E-state index contributed by atoms with van der Waals surface area (Å²) in [6.45, 7) is 4.12. The molecule has 0 aromatic rings. The van der Waals surface area contributed by atoms with Crippen LogP contribution in [-0.4, -0.2) is 17.0 Å². The van der Waals surface area contributed by atoms with Crippen LogP contribution in [0.2, 0.25) is 0 Å². The van der Waals surface area contributed by atoms with Gasteiger partial charge in [0.1, 0.15) is 5.78 Å². The summed E-state index contributed by atoms with van der Waals surface area (Å²) in [7, 11) is 0. The van der Waals surface area contributed by atoms with Gasteiger partial charge in [0.2, 0.25) is 0 Å². The fourth-order valence-electron chi connectivity index (χ4n) is 2.12. The van der Waals surface area contributed by atoms with Crippen molar-refractivity contribution in [1.82, 2.24) is 0 Å². The highest BCUT2D eigenvalue weighted by atomic mass is 16.3. The highest BCUT2D eigenvalue weighted by Crippen LogP contribution is 2.23. The van der Waals surface area contributed by atoms with Crippen molar-refractivity contribution in [2.24, 2.45) is 11.8 Å². The van der Waals surface area contributed by atoms with E-state index in [9.17, 15) is 4.79 Å². The van der Waals surface area contributed by atoms with Gasteiger partial charge in [0.05, 0.1) is 6.10 Å². The Labute approximate surface area is 86.7 Å². The van der Waals surface area contributed by atoms with Crippen molar-refractivity contribution in [3.05, 3.63) is 0 Å². The van der Waals surface area contributed by atoms with Gasteiger partial charge in [-0.1, -0.05) is 20.3 Å². The second kappa shape index (κ2) is 5.50. The number of hydrogen-bond acceptors (Lipinski definition) is 2. The molecule has 0 aromatic carbocycles. The zero-order valence-electron chi connectivity index (χ0n) is 9.33. The van der Waals surface area contributed by atoms with Crippen LogP contribution in [0.3, 0.4) is 0 Å². The Morgan fingerprint density at radius 1 is 1.14 bits per heavy atom. The van der Waals surface area contributed by atoms with Crippen molar-refractivity contribution < 1.29 is 9.90 Å². The van der Waals surface area contributed by atoms with Crippen LogP contribution in [0.4, 0.5) is 0 Å². The molecule has 2 saturated carbocycles. The standard InChI is InChI=1S/C6H12O.C6H10O/c2*1-5-3-2-4-6(5)7/h5-7H,2-4H2,1H3;5H,2-4H2,1H3/t5-,6+;5-/m00/s1. The van der Waals surface area contributed by atoms with Gasteiger partial charge < -0.3 is 5.11 Å². The van der Waals surface area contributed by atoms with Crippen LogP contribution in [0.15, 0.2) is 0 Å². The SMILES string of the molecule is C[C@H]1CCCC1=O.C[C@H]1CCC[C@H]1O. The largest absolute Gasteiger partial charge is 0.393 e. The number of Topliss-reactive ketones (excluding diaryl/α,β-unsaturated/α-hetero) is 1. The van der Waals surface area contributed by atoms with Crippen LogP contribution >= 0.6 is 0 Å². The van der Waals surface area contributed by atoms with Gasteiger partial charge in [-0.3, -0.25) is 4.79 Å². The van der Waals surface area contributed by atoms with Crippen LogP contribution in [0, 0.1) is 11.8 Å². The van der Waals surface area contributed by atoms with E-state index >= 15 is 0 Å². The summed E-state index contributed by atoms with van der Waals surface area (Å²) in [5.74, 6) is 1.40. The van der Waals surface area contributed by atoms with Crippen LogP contribution in [-0.2, 0) is 4.79 Å². The molecule has 3 atom stereocenters. The van der Waals surface area contributed by atoms with Crippen molar-refractivity contribution in [3.8, 4) is 0 Å². The van der Waals surface area contributed by atoms with Gasteiger partial charge in [-0.05, 0) is 31.6 Å². The highest BCUT2D eigenvalue weighted by molar-refractivity contribution is 5.82. The van der Waals surface area contributed by atoms with E-state index in [0.717, 1.165) is 25.7 Å². The molecule has 0 bridgehead atoms. The van der Waals surface area contributed by atoms with E-state index in [-0.39, 0.29) is 6.10 Å². The number of carbonyl (C=O) groups is 1. The molecule has 0 saturated heterocycles. The minimum atomic E-state index is 0.0139. The van der Waals surface area contributed by atoms with Gasteiger partial charge in [0, 0.05) is 12.3 Å². The van der Waals surface area contributed by atoms with Crippen LogP contribution in [0.25, 0.3) is 0 Å². The molecule has 2 fully saturated rings. The maximum Gasteiger partial charge on any atom is 0.135 e. The van der Waals surface area contributed by atoms with Crippen LogP contribution in [0.5, 0.6) is 0 Å². The summed E-state index contributed by atoms with van der Waals surface area (Å²) < 4.78 is 0. The molecule has 82 valence electrons. The quantitative estimate of drug-likeness (QED) is 0.649. The number of rotatable bonds is 0. The molecular weight excluding hydrogens is 176 g/mol. The fraction of sp³-hybridized carbons (Fsp3) is 0.917. The first-order valence-electron chi connectivity index (χ1n) is 5.82. The summed E-state index contributed by atoms with van der Waals surface area (Å²) in [5.41, 5.74) is 0. The molecule has 2 rings (SSSR count). The maximum absolute atomic E-state index is 10.6. The van der Waals surface area contributed by atoms with Gasteiger partial charge >= 0.3 is 0 Å². The predicted octanol–water partition coefficient (Wildman–Crippen LogP) is 2.54. The van der Waals surface area contributed by atoms with Gasteiger partial charge in [-0.2, -0.15) is 0 Å². The molecule has 1 N–H and O–H groups in total. The first kappa shape index (κ1) is 11.7. The minimum absolute atomic E-state index is 0.0139. The second-order valence-corrected chi connectivity index (χ2v) is 4.74. The number of ketones is 1. The summed E-state index contributed by atoms with van der Waals surface area (Å²) in [6.07, 6.45) is 6.57. The summed E-state index contributed by atoms with van der Waals surface area (Å²) in [4.78, 5) is 10.6. The molecule has 0 amide bonds. The first-order chi connectivity index (χ1) is 6.61. The third-order valence-electron chi connectivity index (χ3n) is 3.43. The predicted molar refractivity (Wildman–Crippen MR) is 57.0 cm³/mol. The third-order valence-corrected chi connectivity index (χ3v) is 3.43. The number of carbonyl (C=O) groups excluding carboxylic acids is 1. The lowest BCUT2D eigenvalue weighted by atomic mass is 10.1. The van der Waals surface area contributed by atoms with E-state index in [1.54, 1.807) is 0 Å². The van der Waals surface area contributed by atoms with E-state index in [2.05, 4.69) is 6.92 Å². The van der Waals surface area contributed by atoms with E-state index in [0.29, 0.717) is 17.6 Å². The van der Waals surface area contributed by atoms with Crippen LogP contribution < -0.4 is 0 Å². The average molecular weight is 198 g/mol. The Kier molecular flexibility index (Phi) is 4.59. The van der Waals surface area contributed by atoms with E-state index in [4.69, 9.17) is 5.11 Å². The maximum atomic E-state index is 10.6. The van der Waals surface area contributed by atoms with Crippen molar-refractivity contribution in [2.45, 2.75) is 58.5 Å². The van der Waals surface area contributed by atoms with Crippen molar-refractivity contribution in [2.75, 3.05) is 0 Å². The molecule has 0 heterocycles. The third kappa shape index (κ3) is 3.41. The molecule has 2 aliphatic carbocycles. The summed E-state index contributed by atoms with van der Waals surface area (Å²) in [6, 6.07) is 0. The summed E-state index contributed by atoms with van der Waals surface area (Å²) in [5, 5.41) is 9.00. The smallest absolute Gasteiger partial charge is 0.135 e. The second-order valence-electron chi connectivity index (χ2n) is 4.74. The number of hydrogen-bond donors (Lipinski definition) is 1. The highest BCUT2D eigenvalue weighted by Gasteiger charge is 2.19. The molecule has 2 aliphatic rings. The Hall–Kier alpha value is -0.370. The van der Waals surface area contributed by atoms with Gasteiger partial charge in [0.15, 0.2) is 0 Å². The Morgan fingerprint density at radius 3 is 2.00 bits per heavy atom. The summed E-state index contributed by atoms with van der Waals surface area (Å²) >= 11 is 0. The number of aliphatic hydroxyl groups excluding tert-OH is 1. The zero-order valence-corrected chi connectivity index (χ0v) is 9.33. The molecule has 0 aliphatic heterocycles. The Bertz CT molecular complexity index is 181. The minimum Gasteiger partial charge on any atom is -0.393 e. The van der Waals surface area contributed by atoms with Crippen molar-refractivity contribution >= 4 is 5.78 Å².